The topological polar surface area (TPSA) is 51.2 Å². The van der Waals surface area contributed by atoms with Gasteiger partial charge in [0.25, 0.3) is 5.91 Å². The van der Waals surface area contributed by atoms with Crippen molar-refractivity contribution >= 4 is 28.8 Å². The summed E-state index contributed by atoms with van der Waals surface area (Å²) in [6, 6.07) is 15.5. The van der Waals surface area contributed by atoms with Crippen molar-refractivity contribution < 1.29 is 9.53 Å². The summed E-state index contributed by atoms with van der Waals surface area (Å²) >= 11 is 7.52. The number of ether oxygens (including phenoxy) is 1. The molecule has 0 radical (unpaired) electrons. The summed E-state index contributed by atoms with van der Waals surface area (Å²) < 4.78 is 5.78. The average molecular weight is 443 g/mol. The molecular formula is C24H27ClN2O2S. The fourth-order valence-electron chi connectivity index (χ4n) is 2.90. The minimum absolute atomic E-state index is 0.0879. The molecule has 0 bridgehead atoms. The smallest absolute Gasteiger partial charge is 0.260 e. The number of nitrogens with zero attached hydrogens (tertiary/aromatic N) is 1. The van der Waals surface area contributed by atoms with Crippen molar-refractivity contribution in [3.8, 4) is 16.3 Å². The zero-order valence-corrected chi connectivity index (χ0v) is 19.3. The number of halogens is 1. The molecule has 30 heavy (non-hydrogen) atoms. The standard InChI is InChI=1S/C24H27ClN2O2S/c1-16(29-21-11-7-18(8-12-21)24(2,3)4)22(28)26-14-13-20-15-30-23(27-20)17-5-9-19(25)10-6-17/h5-12,15-16H,13-14H2,1-4H3,(H,26,28). The van der Waals surface area contributed by atoms with Crippen molar-refractivity contribution in [1.29, 1.82) is 0 Å². The second kappa shape index (κ2) is 9.63. The number of thiazole rings is 1. The number of carbonyl (C=O) groups excluding carboxylic acids is 1. The Bertz CT molecular complexity index is 976. The van der Waals surface area contributed by atoms with Crippen LogP contribution in [0.2, 0.25) is 5.02 Å². The van der Waals surface area contributed by atoms with Gasteiger partial charge in [-0.25, -0.2) is 4.98 Å². The van der Waals surface area contributed by atoms with Gasteiger partial charge in [-0.05, 0) is 42.2 Å². The van der Waals surface area contributed by atoms with E-state index in [1.807, 2.05) is 53.9 Å². The summed E-state index contributed by atoms with van der Waals surface area (Å²) in [4.78, 5) is 17.0. The van der Waals surface area contributed by atoms with Crippen LogP contribution in [0.5, 0.6) is 5.75 Å². The van der Waals surface area contributed by atoms with Crippen LogP contribution in [-0.4, -0.2) is 23.5 Å². The minimum atomic E-state index is -0.564. The molecule has 1 N–H and O–H groups in total. The van der Waals surface area contributed by atoms with Gasteiger partial charge in [0.1, 0.15) is 10.8 Å². The van der Waals surface area contributed by atoms with Gasteiger partial charge in [-0.15, -0.1) is 11.3 Å². The SMILES string of the molecule is CC(Oc1ccc(C(C)(C)C)cc1)C(=O)NCCc1csc(-c2ccc(Cl)cc2)n1. The number of amides is 1. The highest BCUT2D eigenvalue weighted by Crippen LogP contribution is 2.26. The first-order chi connectivity index (χ1) is 14.2. The molecule has 0 saturated carbocycles. The maximum absolute atomic E-state index is 12.4. The third-order valence-corrected chi connectivity index (χ3v) is 5.92. The molecule has 1 amide bonds. The predicted molar refractivity (Wildman–Crippen MR) is 125 cm³/mol. The third kappa shape index (κ3) is 6.07. The van der Waals surface area contributed by atoms with E-state index < -0.39 is 6.10 Å². The highest BCUT2D eigenvalue weighted by molar-refractivity contribution is 7.13. The fourth-order valence-corrected chi connectivity index (χ4v) is 3.88. The van der Waals surface area contributed by atoms with Crippen molar-refractivity contribution in [1.82, 2.24) is 10.3 Å². The van der Waals surface area contributed by atoms with Gasteiger partial charge >= 0.3 is 0 Å². The molecule has 0 saturated heterocycles. The summed E-state index contributed by atoms with van der Waals surface area (Å²) in [5, 5.41) is 6.60. The quantitative estimate of drug-likeness (QED) is 0.496. The van der Waals surface area contributed by atoms with E-state index in [-0.39, 0.29) is 11.3 Å². The molecule has 4 nitrogen and oxygen atoms in total. The van der Waals surface area contributed by atoms with Gasteiger partial charge in [-0.3, -0.25) is 4.79 Å². The Morgan fingerprint density at radius 1 is 1.13 bits per heavy atom. The van der Waals surface area contributed by atoms with Crippen LogP contribution >= 0.6 is 22.9 Å². The molecule has 0 aliphatic heterocycles. The normalized spacial score (nSPS) is 12.4. The van der Waals surface area contributed by atoms with Crippen LogP contribution in [0.3, 0.4) is 0 Å². The van der Waals surface area contributed by atoms with E-state index >= 15 is 0 Å². The van der Waals surface area contributed by atoms with Crippen LogP contribution in [0.25, 0.3) is 10.6 Å². The van der Waals surface area contributed by atoms with Crippen molar-refractivity contribution in [2.45, 2.75) is 45.6 Å². The summed E-state index contributed by atoms with van der Waals surface area (Å²) in [7, 11) is 0. The van der Waals surface area contributed by atoms with E-state index in [1.54, 1.807) is 18.3 Å². The van der Waals surface area contributed by atoms with Crippen molar-refractivity contribution in [2.75, 3.05) is 6.54 Å². The average Bonchev–Trinajstić information content (AvgIpc) is 3.17. The van der Waals surface area contributed by atoms with Gasteiger partial charge in [-0.2, -0.15) is 0 Å². The van der Waals surface area contributed by atoms with Gasteiger partial charge in [-0.1, -0.05) is 56.6 Å². The molecule has 1 unspecified atom stereocenters. The molecule has 3 rings (SSSR count). The molecule has 1 aromatic heterocycles. The fraction of sp³-hybridized carbons (Fsp3) is 0.333. The van der Waals surface area contributed by atoms with E-state index in [1.165, 1.54) is 5.56 Å². The van der Waals surface area contributed by atoms with Crippen LogP contribution in [0.4, 0.5) is 0 Å². The number of nitrogens with one attached hydrogen (secondary N) is 1. The summed E-state index contributed by atoms with van der Waals surface area (Å²) in [6.07, 6.45) is 0.105. The van der Waals surface area contributed by atoms with E-state index in [0.29, 0.717) is 23.7 Å². The van der Waals surface area contributed by atoms with Gasteiger partial charge in [0.05, 0.1) is 5.69 Å². The van der Waals surface area contributed by atoms with E-state index in [4.69, 9.17) is 16.3 Å². The summed E-state index contributed by atoms with van der Waals surface area (Å²) in [6.45, 7) is 8.77. The molecule has 0 spiro atoms. The molecule has 1 atom stereocenters. The van der Waals surface area contributed by atoms with Crippen molar-refractivity contribution in [3.05, 3.63) is 70.2 Å². The minimum Gasteiger partial charge on any atom is -0.481 e. The molecule has 2 aromatic carbocycles. The summed E-state index contributed by atoms with van der Waals surface area (Å²) in [5.74, 6) is 0.556. The van der Waals surface area contributed by atoms with Crippen LogP contribution < -0.4 is 10.1 Å². The van der Waals surface area contributed by atoms with E-state index in [0.717, 1.165) is 16.3 Å². The predicted octanol–water partition coefficient (Wildman–Crippen LogP) is 5.89. The maximum Gasteiger partial charge on any atom is 0.260 e. The van der Waals surface area contributed by atoms with Crippen molar-refractivity contribution in [2.24, 2.45) is 0 Å². The Balaban J connectivity index is 1.47. The Morgan fingerprint density at radius 3 is 2.43 bits per heavy atom. The maximum atomic E-state index is 12.4. The van der Waals surface area contributed by atoms with Gasteiger partial charge in [0.2, 0.25) is 0 Å². The number of benzene rings is 2. The van der Waals surface area contributed by atoms with Crippen LogP contribution in [0.15, 0.2) is 53.9 Å². The largest absolute Gasteiger partial charge is 0.481 e. The molecule has 0 aliphatic carbocycles. The van der Waals surface area contributed by atoms with Gasteiger partial charge < -0.3 is 10.1 Å². The number of aromatic nitrogens is 1. The molecule has 6 heteroatoms. The summed E-state index contributed by atoms with van der Waals surface area (Å²) in [5.41, 5.74) is 3.31. The monoisotopic (exact) mass is 442 g/mol. The van der Waals surface area contributed by atoms with Gasteiger partial charge in [0.15, 0.2) is 6.10 Å². The molecule has 158 valence electrons. The van der Waals surface area contributed by atoms with Crippen LogP contribution in [0.1, 0.15) is 39.0 Å². The zero-order chi connectivity index (χ0) is 21.7. The van der Waals surface area contributed by atoms with E-state index in [9.17, 15) is 4.79 Å². The second-order valence-corrected chi connectivity index (χ2v) is 9.52. The molecule has 3 aromatic rings. The van der Waals surface area contributed by atoms with Crippen LogP contribution in [-0.2, 0) is 16.6 Å². The highest BCUT2D eigenvalue weighted by atomic mass is 35.5. The Morgan fingerprint density at radius 2 is 1.80 bits per heavy atom. The van der Waals surface area contributed by atoms with Gasteiger partial charge in [0, 0.05) is 28.9 Å². The highest BCUT2D eigenvalue weighted by Gasteiger charge is 2.16. The first-order valence-electron chi connectivity index (χ1n) is 9.97. The lowest BCUT2D eigenvalue weighted by molar-refractivity contribution is -0.127. The zero-order valence-electron chi connectivity index (χ0n) is 17.7. The number of rotatable bonds is 7. The molecular weight excluding hydrogens is 416 g/mol. The van der Waals surface area contributed by atoms with E-state index in [2.05, 4.69) is 31.1 Å². The van der Waals surface area contributed by atoms with Crippen LogP contribution in [0, 0.1) is 0 Å². The number of hydrogen-bond donors (Lipinski definition) is 1. The molecule has 1 heterocycles. The Hall–Kier alpha value is -2.37. The Kier molecular flexibility index (Phi) is 7.16. The lowest BCUT2D eigenvalue weighted by Gasteiger charge is -2.20. The second-order valence-electron chi connectivity index (χ2n) is 8.23. The third-order valence-electron chi connectivity index (χ3n) is 4.73. The van der Waals surface area contributed by atoms with Crippen molar-refractivity contribution in [3.63, 3.8) is 0 Å². The number of carbonyl (C=O) groups is 1. The first-order valence-corrected chi connectivity index (χ1v) is 11.2. The lowest BCUT2D eigenvalue weighted by Crippen LogP contribution is -2.37. The molecule has 0 aliphatic rings. The lowest BCUT2D eigenvalue weighted by atomic mass is 9.87. The first kappa shape index (κ1) is 22.3. The molecule has 0 fully saturated rings. The Labute approximate surface area is 187 Å². The number of hydrogen-bond acceptors (Lipinski definition) is 4.